The highest BCUT2D eigenvalue weighted by Gasteiger charge is 2.09. The lowest BCUT2D eigenvalue weighted by molar-refractivity contribution is 0.415. The van der Waals surface area contributed by atoms with Gasteiger partial charge in [0.05, 0.1) is 18.7 Å². The standard InChI is InChI=1S/C12H13ClN2OS/c1-15(12-14-9(7-13)8-17-12)10-4-3-5-11(6-10)16-2/h3-6,8H,7H2,1-2H3. The highest BCUT2D eigenvalue weighted by molar-refractivity contribution is 7.13. The lowest BCUT2D eigenvalue weighted by Crippen LogP contribution is -2.09. The maximum Gasteiger partial charge on any atom is 0.189 e. The third kappa shape index (κ3) is 2.70. The summed E-state index contributed by atoms with van der Waals surface area (Å²) in [7, 11) is 3.64. The van der Waals surface area contributed by atoms with Gasteiger partial charge in [0, 0.05) is 24.2 Å². The first-order valence-electron chi connectivity index (χ1n) is 5.12. The fourth-order valence-electron chi connectivity index (χ4n) is 1.44. The molecule has 0 radical (unpaired) electrons. The first-order chi connectivity index (χ1) is 8.24. The molecule has 0 aliphatic rings. The zero-order valence-corrected chi connectivity index (χ0v) is 11.3. The summed E-state index contributed by atoms with van der Waals surface area (Å²) in [6.45, 7) is 0. The Kier molecular flexibility index (Phi) is 3.86. The van der Waals surface area contributed by atoms with Gasteiger partial charge in [0.15, 0.2) is 5.13 Å². The van der Waals surface area contributed by atoms with Crippen LogP contribution in [0.1, 0.15) is 5.69 Å². The van der Waals surface area contributed by atoms with Crippen LogP contribution in [0.25, 0.3) is 0 Å². The average Bonchev–Trinajstić information content (AvgIpc) is 2.86. The molecule has 0 amide bonds. The topological polar surface area (TPSA) is 25.4 Å². The van der Waals surface area contributed by atoms with Crippen molar-refractivity contribution in [3.63, 3.8) is 0 Å². The Bertz CT molecular complexity index is 501. The summed E-state index contributed by atoms with van der Waals surface area (Å²) in [5.74, 6) is 1.28. The van der Waals surface area contributed by atoms with Crippen molar-refractivity contribution in [1.82, 2.24) is 4.98 Å². The van der Waals surface area contributed by atoms with Crippen molar-refractivity contribution in [3.8, 4) is 5.75 Å². The summed E-state index contributed by atoms with van der Waals surface area (Å²) in [5, 5.41) is 2.90. The number of anilines is 2. The first kappa shape index (κ1) is 12.2. The quantitative estimate of drug-likeness (QED) is 0.792. The number of rotatable bonds is 4. The Morgan fingerprint density at radius 3 is 2.94 bits per heavy atom. The molecule has 5 heteroatoms. The minimum absolute atomic E-state index is 0.447. The smallest absolute Gasteiger partial charge is 0.189 e. The number of aromatic nitrogens is 1. The highest BCUT2D eigenvalue weighted by Crippen LogP contribution is 2.29. The second-order valence-corrected chi connectivity index (χ2v) is 4.62. The number of ether oxygens (including phenoxy) is 1. The normalized spacial score (nSPS) is 10.3. The molecule has 0 unspecified atom stereocenters. The van der Waals surface area contributed by atoms with Gasteiger partial charge in [0.1, 0.15) is 5.75 Å². The van der Waals surface area contributed by atoms with Gasteiger partial charge in [-0.25, -0.2) is 4.98 Å². The van der Waals surface area contributed by atoms with E-state index in [-0.39, 0.29) is 0 Å². The summed E-state index contributed by atoms with van der Waals surface area (Å²) >= 11 is 7.32. The minimum Gasteiger partial charge on any atom is -0.497 e. The molecule has 3 nitrogen and oxygen atoms in total. The molecule has 0 fully saturated rings. The van der Waals surface area contributed by atoms with Crippen molar-refractivity contribution in [2.24, 2.45) is 0 Å². The van der Waals surface area contributed by atoms with E-state index in [0.717, 1.165) is 22.3 Å². The second kappa shape index (κ2) is 5.38. The predicted octanol–water partition coefficient (Wildman–Crippen LogP) is 3.66. The maximum atomic E-state index is 5.74. The summed E-state index contributed by atoms with van der Waals surface area (Å²) in [6.07, 6.45) is 0. The third-order valence-electron chi connectivity index (χ3n) is 2.40. The van der Waals surface area contributed by atoms with Gasteiger partial charge in [-0.3, -0.25) is 0 Å². The van der Waals surface area contributed by atoms with E-state index in [9.17, 15) is 0 Å². The van der Waals surface area contributed by atoms with Crippen molar-refractivity contribution in [1.29, 1.82) is 0 Å². The zero-order chi connectivity index (χ0) is 12.3. The molecule has 0 N–H and O–H groups in total. The Hall–Kier alpha value is -1.26. The number of thiazole rings is 1. The molecular formula is C12H13ClN2OS. The molecule has 17 heavy (non-hydrogen) atoms. The minimum atomic E-state index is 0.447. The summed E-state index contributed by atoms with van der Waals surface area (Å²) in [5.41, 5.74) is 1.95. The Balaban J connectivity index is 2.26. The number of hydrogen-bond acceptors (Lipinski definition) is 4. The van der Waals surface area contributed by atoms with Gasteiger partial charge < -0.3 is 9.64 Å². The van der Waals surface area contributed by atoms with Gasteiger partial charge in [-0.1, -0.05) is 6.07 Å². The molecule has 0 bridgehead atoms. The lowest BCUT2D eigenvalue weighted by Gasteiger charge is -2.16. The number of hydrogen-bond donors (Lipinski definition) is 0. The van der Waals surface area contributed by atoms with Crippen LogP contribution in [-0.4, -0.2) is 19.1 Å². The molecule has 1 aromatic carbocycles. The molecule has 2 aromatic rings. The molecule has 2 rings (SSSR count). The van der Waals surface area contributed by atoms with E-state index in [1.807, 2.05) is 41.6 Å². The molecule has 1 aromatic heterocycles. The van der Waals surface area contributed by atoms with Crippen LogP contribution in [0, 0.1) is 0 Å². The van der Waals surface area contributed by atoms with Gasteiger partial charge in [-0.15, -0.1) is 22.9 Å². The van der Waals surface area contributed by atoms with E-state index in [4.69, 9.17) is 16.3 Å². The summed E-state index contributed by atoms with van der Waals surface area (Å²) < 4.78 is 5.20. The van der Waals surface area contributed by atoms with Crippen LogP contribution in [0.2, 0.25) is 0 Å². The fourth-order valence-corrected chi connectivity index (χ4v) is 2.48. The highest BCUT2D eigenvalue weighted by atomic mass is 35.5. The van der Waals surface area contributed by atoms with Crippen LogP contribution in [0.4, 0.5) is 10.8 Å². The van der Waals surface area contributed by atoms with Gasteiger partial charge in [-0.05, 0) is 12.1 Å². The number of methoxy groups -OCH3 is 1. The van der Waals surface area contributed by atoms with Gasteiger partial charge in [0.25, 0.3) is 0 Å². The van der Waals surface area contributed by atoms with E-state index in [1.165, 1.54) is 0 Å². The maximum absolute atomic E-state index is 5.74. The van der Waals surface area contributed by atoms with Crippen LogP contribution in [0.3, 0.4) is 0 Å². The number of alkyl halides is 1. The van der Waals surface area contributed by atoms with Crippen molar-refractivity contribution < 1.29 is 4.74 Å². The lowest BCUT2D eigenvalue weighted by atomic mass is 10.3. The number of nitrogens with zero attached hydrogens (tertiary/aromatic N) is 2. The van der Waals surface area contributed by atoms with Crippen molar-refractivity contribution in [2.75, 3.05) is 19.1 Å². The van der Waals surface area contributed by atoms with Crippen LogP contribution in [0.15, 0.2) is 29.6 Å². The molecule has 0 aliphatic heterocycles. The number of benzene rings is 1. The molecular weight excluding hydrogens is 256 g/mol. The molecule has 0 saturated heterocycles. The SMILES string of the molecule is COc1cccc(N(C)c2nc(CCl)cs2)c1. The van der Waals surface area contributed by atoms with Crippen LogP contribution in [-0.2, 0) is 5.88 Å². The molecule has 0 saturated carbocycles. The second-order valence-electron chi connectivity index (χ2n) is 3.52. The monoisotopic (exact) mass is 268 g/mol. The summed E-state index contributed by atoms with van der Waals surface area (Å²) in [6, 6.07) is 7.87. The Morgan fingerprint density at radius 2 is 2.29 bits per heavy atom. The largest absolute Gasteiger partial charge is 0.497 e. The van der Waals surface area contributed by atoms with E-state index in [0.29, 0.717) is 5.88 Å². The van der Waals surface area contributed by atoms with Crippen molar-refractivity contribution in [2.45, 2.75) is 5.88 Å². The third-order valence-corrected chi connectivity index (χ3v) is 3.64. The first-order valence-corrected chi connectivity index (χ1v) is 6.54. The van der Waals surface area contributed by atoms with Gasteiger partial charge in [0.2, 0.25) is 0 Å². The van der Waals surface area contributed by atoms with Gasteiger partial charge >= 0.3 is 0 Å². The van der Waals surface area contributed by atoms with Crippen LogP contribution in [0.5, 0.6) is 5.75 Å². The van der Waals surface area contributed by atoms with Crippen molar-refractivity contribution in [3.05, 3.63) is 35.3 Å². The predicted molar refractivity (Wildman–Crippen MR) is 72.7 cm³/mol. The Labute approximate surface area is 110 Å². The average molecular weight is 269 g/mol. The van der Waals surface area contributed by atoms with Crippen LogP contribution >= 0.6 is 22.9 Å². The van der Waals surface area contributed by atoms with E-state index in [2.05, 4.69) is 4.98 Å². The zero-order valence-electron chi connectivity index (χ0n) is 9.68. The Morgan fingerprint density at radius 1 is 1.47 bits per heavy atom. The molecule has 0 aliphatic carbocycles. The number of halogens is 1. The molecule has 90 valence electrons. The summed E-state index contributed by atoms with van der Waals surface area (Å²) in [4.78, 5) is 6.45. The molecule has 1 heterocycles. The van der Waals surface area contributed by atoms with Crippen LogP contribution < -0.4 is 9.64 Å². The molecule has 0 spiro atoms. The fraction of sp³-hybridized carbons (Fsp3) is 0.250. The van der Waals surface area contributed by atoms with E-state index < -0.39 is 0 Å². The van der Waals surface area contributed by atoms with E-state index in [1.54, 1.807) is 18.4 Å². The molecule has 0 atom stereocenters. The van der Waals surface area contributed by atoms with Crippen molar-refractivity contribution >= 4 is 33.8 Å². The van der Waals surface area contributed by atoms with E-state index >= 15 is 0 Å². The van der Waals surface area contributed by atoms with Gasteiger partial charge in [-0.2, -0.15) is 0 Å².